The molecule has 0 saturated heterocycles. The summed E-state index contributed by atoms with van der Waals surface area (Å²) in [4.78, 5) is 23.6. The first-order valence-corrected chi connectivity index (χ1v) is 10.9. The first-order chi connectivity index (χ1) is 15.4. The summed E-state index contributed by atoms with van der Waals surface area (Å²) in [5, 5.41) is 11.3. The molecule has 0 atom stereocenters. The Morgan fingerprint density at radius 3 is 2.52 bits per heavy atom. The second-order valence-corrected chi connectivity index (χ2v) is 8.75. The average molecular weight is 484 g/mol. The number of amides is 1. The van der Waals surface area contributed by atoms with E-state index in [2.05, 4.69) is 20.2 Å². The number of halogens is 3. The Bertz CT molecular complexity index is 1330. The van der Waals surface area contributed by atoms with E-state index >= 15 is 0 Å². The summed E-state index contributed by atoms with van der Waals surface area (Å²) < 4.78 is 68.5. The molecule has 0 aliphatic carbocycles. The number of hydrogen-bond acceptors (Lipinski definition) is 6. The molecule has 0 aliphatic heterocycles. The van der Waals surface area contributed by atoms with Crippen LogP contribution in [-0.2, 0) is 16.2 Å². The lowest BCUT2D eigenvalue weighted by Crippen LogP contribution is -2.35. The molecule has 2 aromatic heterocycles. The van der Waals surface area contributed by atoms with Crippen molar-refractivity contribution in [1.29, 1.82) is 0 Å². The van der Waals surface area contributed by atoms with Crippen LogP contribution in [0.3, 0.4) is 0 Å². The molecule has 0 radical (unpaired) electrons. The van der Waals surface area contributed by atoms with Crippen LogP contribution in [0.2, 0.25) is 0 Å². The highest BCUT2D eigenvalue weighted by atomic mass is 32.2. The molecule has 0 fully saturated rings. The van der Waals surface area contributed by atoms with Crippen molar-refractivity contribution in [3.8, 4) is 5.82 Å². The number of benzene rings is 1. The number of hydrogen-bond donors (Lipinski definition) is 3. The third kappa shape index (κ3) is 5.46. The van der Waals surface area contributed by atoms with Crippen LogP contribution >= 0.6 is 0 Å². The second-order valence-electron chi connectivity index (χ2n) is 7.02. The molecule has 0 bridgehead atoms. The van der Waals surface area contributed by atoms with Gasteiger partial charge in [0.05, 0.1) is 16.7 Å². The van der Waals surface area contributed by atoms with Crippen LogP contribution in [0.4, 0.5) is 13.2 Å². The summed E-state index contributed by atoms with van der Waals surface area (Å²) in [5.74, 6) is -1.45. The molecule has 0 aliphatic rings. The van der Waals surface area contributed by atoms with Crippen molar-refractivity contribution in [2.45, 2.75) is 24.9 Å². The number of aryl methyl sites for hydroxylation is 2. The molecule has 176 valence electrons. The van der Waals surface area contributed by atoms with E-state index in [1.807, 2.05) is 5.10 Å². The fourth-order valence-corrected chi connectivity index (χ4v) is 4.31. The van der Waals surface area contributed by atoms with Gasteiger partial charge in [-0.15, -0.1) is 0 Å². The van der Waals surface area contributed by atoms with Crippen LogP contribution in [0.5, 0.6) is 0 Å². The van der Waals surface area contributed by atoms with Gasteiger partial charge >= 0.3 is 6.18 Å². The van der Waals surface area contributed by atoms with E-state index in [0.717, 1.165) is 17.7 Å². The number of sulfonamides is 1. The fraction of sp³-hybridized carbons (Fsp3) is 0.263. The van der Waals surface area contributed by atoms with Crippen LogP contribution in [0, 0.1) is 13.8 Å². The van der Waals surface area contributed by atoms with Crippen molar-refractivity contribution in [1.82, 2.24) is 30.0 Å². The van der Waals surface area contributed by atoms with Gasteiger partial charge in [0.1, 0.15) is 0 Å². The normalized spacial score (nSPS) is 12.0. The number of carbonyl (C=O) groups excluding carboxylic acids is 1. The number of H-pyrrole nitrogens is 1. The molecule has 3 N–H and O–H groups in total. The van der Waals surface area contributed by atoms with E-state index in [1.54, 1.807) is 26.0 Å². The van der Waals surface area contributed by atoms with Crippen molar-refractivity contribution in [2.24, 2.45) is 0 Å². The minimum absolute atomic E-state index is 0.0721. The number of aromatic nitrogens is 4. The number of carbonyl (C=O) groups is 1. The molecule has 0 saturated carbocycles. The highest BCUT2D eigenvalue weighted by Crippen LogP contribution is 2.33. The molecule has 10 nitrogen and oxygen atoms in total. The van der Waals surface area contributed by atoms with Crippen LogP contribution in [0.1, 0.15) is 27.2 Å². The smallest absolute Gasteiger partial charge is 0.351 e. The topological polar surface area (TPSA) is 139 Å². The number of alkyl halides is 3. The quantitative estimate of drug-likeness (QED) is 0.432. The van der Waals surface area contributed by atoms with Crippen molar-refractivity contribution in [3.63, 3.8) is 0 Å². The van der Waals surface area contributed by atoms with Crippen LogP contribution in [0.25, 0.3) is 5.82 Å². The number of rotatable bonds is 7. The monoisotopic (exact) mass is 484 g/mol. The van der Waals surface area contributed by atoms with Crippen LogP contribution in [-0.4, -0.2) is 47.4 Å². The Hall–Kier alpha value is -3.52. The summed E-state index contributed by atoms with van der Waals surface area (Å²) in [7, 11) is -3.88. The van der Waals surface area contributed by atoms with E-state index < -0.39 is 38.9 Å². The number of aromatic amines is 1. The van der Waals surface area contributed by atoms with Crippen LogP contribution < -0.4 is 15.6 Å². The SMILES string of the molecule is Cc1ccc(C)c(S(=O)(=O)NCCNC(=O)c2cnn(-c3ccc(=O)[nH]n3)c2C(F)(F)F)c1. The summed E-state index contributed by atoms with van der Waals surface area (Å²) in [6, 6.07) is 6.89. The second kappa shape index (κ2) is 9.15. The Morgan fingerprint density at radius 2 is 1.88 bits per heavy atom. The Morgan fingerprint density at radius 1 is 1.15 bits per heavy atom. The minimum Gasteiger partial charge on any atom is -0.351 e. The van der Waals surface area contributed by atoms with Gasteiger partial charge < -0.3 is 5.32 Å². The van der Waals surface area contributed by atoms with Gasteiger partial charge in [-0.25, -0.2) is 22.9 Å². The van der Waals surface area contributed by atoms with Crippen molar-refractivity contribution < 1.29 is 26.4 Å². The highest BCUT2D eigenvalue weighted by Gasteiger charge is 2.40. The third-order valence-electron chi connectivity index (χ3n) is 4.50. The molecule has 2 heterocycles. The number of nitrogens with zero attached hydrogens (tertiary/aromatic N) is 3. The molecule has 1 amide bonds. The van der Waals surface area contributed by atoms with E-state index in [1.165, 1.54) is 6.07 Å². The van der Waals surface area contributed by atoms with E-state index in [4.69, 9.17) is 0 Å². The Labute approximate surface area is 185 Å². The predicted octanol–water partition coefficient (Wildman–Crippen LogP) is 1.30. The maximum absolute atomic E-state index is 13.6. The minimum atomic E-state index is -4.97. The highest BCUT2D eigenvalue weighted by molar-refractivity contribution is 7.89. The fourth-order valence-electron chi connectivity index (χ4n) is 2.95. The van der Waals surface area contributed by atoms with E-state index in [9.17, 15) is 31.2 Å². The van der Waals surface area contributed by atoms with Crippen molar-refractivity contribution in [2.75, 3.05) is 13.1 Å². The van der Waals surface area contributed by atoms with Gasteiger partial charge in [-0.05, 0) is 37.1 Å². The molecule has 0 spiro atoms. The zero-order valence-electron chi connectivity index (χ0n) is 17.4. The van der Waals surface area contributed by atoms with Gasteiger partial charge in [-0.1, -0.05) is 12.1 Å². The van der Waals surface area contributed by atoms with Crippen LogP contribution in [0.15, 0.2) is 46.2 Å². The lowest BCUT2D eigenvalue weighted by Gasteiger charge is -2.13. The maximum Gasteiger partial charge on any atom is 0.434 e. The van der Waals surface area contributed by atoms with Gasteiger partial charge in [0.2, 0.25) is 10.0 Å². The van der Waals surface area contributed by atoms with Gasteiger partial charge in [-0.3, -0.25) is 9.59 Å². The molecule has 0 unspecified atom stereocenters. The van der Waals surface area contributed by atoms with Gasteiger partial charge in [0, 0.05) is 19.2 Å². The third-order valence-corrected chi connectivity index (χ3v) is 6.10. The Balaban J connectivity index is 1.72. The van der Waals surface area contributed by atoms with Crippen molar-refractivity contribution in [3.05, 3.63) is 69.3 Å². The standard InChI is InChI=1S/C19H19F3N6O4S/c1-11-3-4-12(2)14(9-11)33(31,32)25-8-7-23-18(30)13-10-24-28(17(13)19(20,21)22)15-5-6-16(29)27-26-15/h3-6,9-10,25H,7-8H2,1-2H3,(H,23,30)(H,27,29). The summed E-state index contributed by atoms with van der Waals surface area (Å²) in [5.41, 5.74) is -1.54. The summed E-state index contributed by atoms with van der Waals surface area (Å²) in [6.07, 6.45) is -4.25. The van der Waals surface area contributed by atoms with E-state index in [-0.39, 0.29) is 23.8 Å². The largest absolute Gasteiger partial charge is 0.434 e. The first kappa shape index (κ1) is 24.1. The molecule has 3 aromatic rings. The molecule has 3 rings (SSSR count). The zero-order valence-corrected chi connectivity index (χ0v) is 18.2. The lowest BCUT2D eigenvalue weighted by atomic mass is 10.2. The predicted molar refractivity (Wildman–Crippen MR) is 110 cm³/mol. The summed E-state index contributed by atoms with van der Waals surface area (Å²) >= 11 is 0. The molecule has 33 heavy (non-hydrogen) atoms. The summed E-state index contributed by atoms with van der Waals surface area (Å²) in [6.45, 7) is 2.84. The van der Waals surface area contributed by atoms with Gasteiger partial charge in [0.15, 0.2) is 11.5 Å². The first-order valence-electron chi connectivity index (χ1n) is 9.46. The molecular formula is C19H19F3N6O4S. The maximum atomic E-state index is 13.6. The Kier molecular flexibility index (Phi) is 6.69. The van der Waals surface area contributed by atoms with Gasteiger partial charge in [-0.2, -0.15) is 23.4 Å². The lowest BCUT2D eigenvalue weighted by molar-refractivity contribution is -0.143. The van der Waals surface area contributed by atoms with Crippen molar-refractivity contribution >= 4 is 15.9 Å². The molecule has 1 aromatic carbocycles. The zero-order chi connectivity index (χ0) is 24.4. The number of nitrogens with one attached hydrogen (secondary N) is 3. The van der Waals surface area contributed by atoms with Gasteiger partial charge in [0.25, 0.3) is 11.5 Å². The van der Waals surface area contributed by atoms with E-state index in [0.29, 0.717) is 16.4 Å². The molecule has 14 heteroatoms. The molecular weight excluding hydrogens is 465 g/mol. The average Bonchev–Trinajstić information content (AvgIpc) is 3.19.